The van der Waals surface area contributed by atoms with Gasteiger partial charge in [0.25, 0.3) is 0 Å². The van der Waals surface area contributed by atoms with Gasteiger partial charge in [-0.2, -0.15) is 0 Å². The summed E-state index contributed by atoms with van der Waals surface area (Å²) in [5.41, 5.74) is 0.0560. The maximum atomic E-state index is 13.9. The Morgan fingerprint density at radius 3 is 2.92 bits per heavy atom. The van der Waals surface area contributed by atoms with Crippen molar-refractivity contribution in [3.63, 3.8) is 0 Å². The number of nitrogens with zero attached hydrogens (tertiary/aromatic N) is 3. The van der Waals surface area contributed by atoms with Crippen LogP contribution in [0.1, 0.15) is 12.8 Å². The first kappa shape index (κ1) is 18.7. The van der Waals surface area contributed by atoms with Crippen molar-refractivity contribution in [2.75, 3.05) is 45.6 Å². The summed E-state index contributed by atoms with van der Waals surface area (Å²) in [6.07, 6.45) is 1.81. The monoisotopic (exact) mass is 362 g/mol. The molecule has 5 nitrogen and oxygen atoms in total. The maximum Gasteiger partial charge on any atom is 0.229 e. The van der Waals surface area contributed by atoms with Gasteiger partial charge in [0, 0.05) is 31.1 Å². The average molecular weight is 362 g/mol. The number of likely N-dealkylation sites (tertiary alicyclic amines) is 1. The molecule has 7 heteroatoms. The third kappa shape index (κ3) is 4.53. The quantitative estimate of drug-likeness (QED) is 0.889. The van der Waals surface area contributed by atoms with E-state index in [1.54, 1.807) is 12.1 Å². The highest BCUT2D eigenvalue weighted by Gasteiger charge is 2.26. The number of benzene rings is 1. The van der Waals surface area contributed by atoms with Crippen molar-refractivity contribution in [1.29, 1.82) is 0 Å². The molecule has 1 atom stereocenters. The van der Waals surface area contributed by atoms with Crippen LogP contribution in [0.2, 0.25) is 0 Å². The number of fused-ring (bicyclic) bond motifs is 1. The van der Waals surface area contributed by atoms with E-state index in [1.807, 2.05) is 14.1 Å². The normalized spacial score (nSPS) is 18.4. The topological polar surface area (TPSA) is 48.5 Å². The van der Waals surface area contributed by atoms with Gasteiger partial charge in [0.15, 0.2) is 5.82 Å². The Kier molecular flexibility index (Phi) is 5.78. The van der Waals surface area contributed by atoms with Gasteiger partial charge in [-0.25, -0.2) is 13.8 Å². The number of hydrogen-bond acceptors (Lipinski definition) is 4. The van der Waals surface area contributed by atoms with Crippen molar-refractivity contribution < 1.29 is 13.6 Å². The number of halogens is 2. The fraction of sp³-hybridized carbons (Fsp3) is 0.474. The van der Waals surface area contributed by atoms with Crippen LogP contribution >= 0.6 is 0 Å². The molecule has 1 aliphatic heterocycles. The highest BCUT2D eigenvalue weighted by atomic mass is 19.1. The molecule has 2 heterocycles. The summed E-state index contributed by atoms with van der Waals surface area (Å²) in [4.78, 5) is 21.1. The standard InChI is InChI=1S/C19H24F2N4O/c1-24(2)8-9-25-7-3-4-14(12-25)19(26)23-17-6-5-13-10-15(20)11-16(21)18(13)22-17/h5-6,10-11,14H,3-4,7-9,12H2,1-2H3,(H,22,23,26). The Labute approximate surface area is 152 Å². The van der Waals surface area contributed by atoms with Crippen LogP contribution in [-0.2, 0) is 4.79 Å². The highest BCUT2D eigenvalue weighted by Crippen LogP contribution is 2.22. The molecule has 0 saturated carbocycles. The van der Waals surface area contributed by atoms with Gasteiger partial charge in [-0.1, -0.05) is 0 Å². The van der Waals surface area contributed by atoms with E-state index in [2.05, 4.69) is 20.1 Å². The van der Waals surface area contributed by atoms with Gasteiger partial charge in [0.2, 0.25) is 5.91 Å². The summed E-state index contributed by atoms with van der Waals surface area (Å²) >= 11 is 0. The number of piperidine rings is 1. The third-order valence-corrected chi connectivity index (χ3v) is 4.70. The van der Waals surface area contributed by atoms with Gasteiger partial charge in [-0.15, -0.1) is 0 Å². The van der Waals surface area contributed by atoms with Gasteiger partial charge in [0.1, 0.15) is 17.2 Å². The number of rotatable bonds is 5. The van der Waals surface area contributed by atoms with Gasteiger partial charge in [-0.3, -0.25) is 4.79 Å². The van der Waals surface area contributed by atoms with Crippen molar-refractivity contribution in [3.8, 4) is 0 Å². The van der Waals surface area contributed by atoms with Gasteiger partial charge < -0.3 is 15.1 Å². The molecule has 1 aliphatic rings. The maximum absolute atomic E-state index is 13.9. The highest BCUT2D eigenvalue weighted by molar-refractivity contribution is 5.93. The van der Waals surface area contributed by atoms with E-state index in [-0.39, 0.29) is 17.3 Å². The predicted molar refractivity (Wildman–Crippen MR) is 98.0 cm³/mol. The minimum Gasteiger partial charge on any atom is -0.310 e. The van der Waals surface area contributed by atoms with Gasteiger partial charge in [0.05, 0.1) is 5.92 Å². The lowest BCUT2D eigenvalue weighted by atomic mass is 9.97. The second-order valence-electron chi connectivity index (χ2n) is 7.09. The van der Waals surface area contributed by atoms with E-state index in [0.717, 1.165) is 38.5 Å². The minimum absolute atomic E-state index is 0.0560. The Hall–Kier alpha value is -2.12. The lowest BCUT2D eigenvalue weighted by Gasteiger charge is -2.32. The number of pyridine rings is 1. The summed E-state index contributed by atoms with van der Waals surface area (Å²) in [6, 6.07) is 5.16. The second-order valence-corrected chi connectivity index (χ2v) is 7.09. The van der Waals surface area contributed by atoms with E-state index in [4.69, 9.17) is 0 Å². The molecule has 1 amide bonds. The van der Waals surface area contributed by atoms with E-state index >= 15 is 0 Å². The molecule has 1 unspecified atom stereocenters. The molecule has 1 N–H and O–H groups in total. The minimum atomic E-state index is -0.733. The van der Waals surface area contributed by atoms with Crippen molar-refractivity contribution in [1.82, 2.24) is 14.8 Å². The Morgan fingerprint density at radius 1 is 1.35 bits per heavy atom. The number of amides is 1. The molecule has 0 aliphatic carbocycles. The number of anilines is 1. The number of carbonyl (C=O) groups excluding carboxylic acids is 1. The molecule has 2 aromatic rings. The number of carbonyl (C=O) groups is 1. The smallest absolute Gasteiger partial charge is 0.229 e. The van der Waals surface area contributed by atoms with E-state index in [1.165, 1.54) is 6.07 Å². The molecule has 1 aromatic heterocycles. The SMILES string of the molecule is CN(C)CCN1CCCC(C(=O)Nc2ccc3cc(F)cc(F)c3n2)C1. The van der Waals surface area contributed by atoms with Crippen LogP contribution in [0.15, 0.2) is 24.3 Å². The first-order chi connectivity index (χ1) is 12.4. The number of nitrogens with one attached hydrogen (secondary N) is 1. The van der Waals surface area contributed by atoms with Crippen molar-refractivity contribution in [2.24, 2.45) is 5.92 Å². The van der Waals surface area contributed by atoms with Crippen LogP contribution in [-0.4, -0.2) is 61.0 Å². The zero-order chi connectivity index (χ0) is 18.7. The van der Waals surface area contributed by atoms with Crippen LogP contribution in [0.5, 0.6) is 0 Å². The molecule has 0 radical (unpaired) electrons. The van der Waals surface area contributed by atoms with Crippen LogP contribution in [0.4, 0.5) is 14.6 Å². The van der Waals surface area contributed by atoms with E-state index < -0.39 is 11.6 Å². The largest absolute Gasteiger partial charge is 0.310 e. The summed E-state index contributed by atoms with van der Waals surface area (Å²) in [5.74, 6) is -1.30. The van der Waals surface area contributed by atoms with Crippen LogP contribution in [0.3, 0.4) is 0 Å². The van der Waals surface area contributed by atoms with Crippen molar-refractivity contribution in [3.05, 3.63) is 35.9 Å². The van der Waals surface area contributed by atoms with Crippen molar-refractivity contribution >= 4 is 22.6 Å². The number of aromatic nitrogens is 1. The van der Waals surface area contributed by atoms with Crippen LogP contribution in [0.25, 0.3) is 10.9 Å². The first-order valence-corrected chi connectivity index (χ1v) is 8.86. The molecular formula is C19H24F2N4O. The van der Waals surface area contributed by atoms with Crippen LogP contribution in [0, 0.1) is 17.6 Å². The molecule has 140 valence electrons. The second kappa shape index (κ2) is 8.05. The summed E-state index contributed by atoms with van der Waals surface area (Å²) in [7, 11) is 4.06. The van der Waals surface area contributed by atoms with Gasteiger partial charge >= 0.3 is 0 Å². The Morgan fingerprint density at radius 2 is 2.15 bits per heavy atom. The molecular weight excluding hydrogens is 338 g/mol. The number of likely N-dealkylation sites (N-methyl/N-ethyl adjacent to an activating group) is 1. The lowest BCUT2D eigenvalue weighted by molar-refractivity contribution is -0.121. The molecule has 0 bridgehead atoms. The number of hydrogen-bond donors (Lipinski definition) is 1. The summed E-state index contributed by atoms with van der Waals surface area (Å²) in [5, 5.41) is 3.15. The first-order valence-electron chi connectivity index (χ1n) is 8.86. The summed E-state index contributed by atoms with van der Waals surface area (Å²) < 4.78 is 27.1. The Bertz CT molecular complexity index is 796. The molecule has 3 rings (SSSR count). The predicted octanol–water partition coefficient (Wildman–Crippen LogP) is 2.73. The lowest BCUT2D eigenvalue weighted by Crippen LogP contribution is -2.43. The van der Waals surface area contributed by atoms with E-state index in [9.17, 15) is 13.6 Å². The fourth-order valence-corrected chi connectivity index (χ4v) is 3.27. The van der Waals surface area contributed by atoms with Crippen LogP contribution < -0.4 is 5.32 Å². The Balaban J connectivity index is 1.66. The molecule has 1 aromatic carbocycles. The summed E-state index contributed by atoms with van der Waals surface area (Å²) in [6.45, 7) is 3.60. The molecule has 1 fully saturated rings. The molecule has 1 saturated heterocycles. The van der Waals surface area contributed by atoms with Gasteiger partial charge in [-0.05, 0) is 51.7 Å². The third-order valence-electron chi connectivity index (χ3n) is 4.70. The zero-order valence-corrected chi connectivity index (χ0v) is 15.1. The molecule has 26 heavy (non-hydrogen) atoms. The van der Waals surface area contributed by atoms with E-state index in [0.29, 0.717) is 17.7 Å². The van der Waals surface area contributed by atoms with Crippen molar-refractivity contribution in [2.45, 2.75) is 12.8 Å². The molecule has 0 spiro atoms. The zero-order valence-electron chi connectivity index (χ0n) is 15.1. The average Bonchev–Trinajstić information content (AvgIpc) is 2.60. The fourth-order valence-electron chi connectivity index (χ4n) is 3.27.